The lowest BCUT2D eigenvalue weighted by Crippen LogP contribution is -1.96. The molecule has 2 rings (SSSR count). The molecule has 5 heteroatoms. The van der Waals surface area contributed by atoms with Crippen molar-refractivity contribution in [2.45, 2.75) is 6.92 Å². The van der Waals surface area contributed by atoms with E-state index in [2.05, 4.69) is 10.3 Å². The highest BCUT2D eigenvalue weighted by Crippen LogP contribution is 2.20. The molecule has 1 heterocycles. The zero-order chi connectivity index (χ0) is 11.5. The molecule has 5 nitrogen and oxygen atoms in total. The summed E-state index contributed by atoms with van der Waals surface area (Å²) in [5, 5.41) is 7.55. The van der Waals surface area contributed by atoms with Crippen LogP contribution in [0.4, 0.5) is 0 Å². The van der Waals surface area contributed by atoms with E-state index in [4.69, 9.17) is 4.74 Å². The number of nitrogens with zero attached hydrogens (tertiary/aromatic N) is 3. The van der Waals surface area contributed by atoms with Crippen LogP contribution in [0.15, 0.2) is 24.4 Å². The van der Waals surface area contributed by atoms with Crippen molar-refractivity contribution in [2.24, 2.45) is 0 Å². The van der Waals surface area contributed by atoms with Gasteiger partial charge in [0.15, 0.2) is 6.29 Å². The van der Waals surface area contributed by atoms with Gasteiger partial charge in [0.05, 0.1) is 19.0 Å². The second kappa shape index (κ2) is 4.14. The van der Waals surface area contributed by atoms with Crippen LogP contribution in [-0.4, -0.2) is 28.4 Å². The molecule has 82 valence electrons. The number of carbonyl (C=O) groups is 1. The third-order valence-electron chi connectivity index (χ3n) is 2.27. The van der Waals surface area contributed by atoms with Gasteiger partial charge in [0.25, 0.3) is 0 Å². The highest BCUT2D eigenvalue weighted by Gasteiger charge is 2.04. The Bertz CT molecular complexity index is 520. The Kier molecular flexibility index (Phi) is 2.68. The molecular weight excluding hydrogens is 206 g/mol. The fourth-order valence-electron chi connectivity index (χ4n) is 1.46. The summed E-state index contributed by atoms with van der Waals surface area (Å²) in [7, 11) is 1.63. The zero-order valence-corrected chi connectivity index (χ0v) is 9.04. The number of carbonyl (C=O) groups excluding carboxylic acids is 1. The molecule has 0 unspecified atom stereocenters. The molecule has 0 spiro atoms. The predicted molar refractivity (Wildman–Crippen MR) is 58.0 cm³/mol. The van der Waals surface area contributed by atoms with Crippen LogP contribution in [0.3, 0.4) is 0 Å². The first-order chi connectivity index (χ1) is 7.74. The average molecular weight is 217 g/mol. The van der Waals surface area contributed by atoms with Crippen molar-refractivity contribution >= 4 is 6.29 Å². The molecule has 0 aliphatic heterocycles. The summed E-state index contributed by atoms with van der Waals surface area (Å²) in [6.45, 7) is 1.94. The van der Waals surface area contributed by atoms with Gasteiger partial charge in [-0.2, -0.15) is 0 Å². The number of ether oxygens (including phenoxy) is 1. The summed E-state index contributed by atoms with van der Waals surface area (Å²) in [6, 6.07) is 5.63. The molecule has 0 saturated carbocycles. The average Bonchev–Trinajstić information content (AvgIpc) is 2.77. The maximum absolute atomic E-state index is 10.5. The summed E-state index contributed by atoms with van der Waals surface area (Å²) in [4.78, 5) is 10.5. The fourth-order valence-corrected chi connectivity index (χ4v) is 1.46. The van der Waals surface area contributed by atoms with Crippen LogP contribution in [0, 0.1) is 6.92 Å². The van der Waals surface area contributed by atoms with Crippen molar-refractivity contribution in [1.82, 2.24) is 15.0 Å². The Labute approximate surface area is 92.7 Å². The molecule has 0 N–H and O–H groups in total. The molecule has 1 aromatic carbocycles. The predicted octanol–water partition coefficient (Wildman–Crippen LogP) is 1.40. The Hall–Kier alpha value is -2.17. The summed E-state index contributed by atoms with van der Waals surface area (Å²) in [5.74, 6) is 0.819. The lowest BCUT2D eigenvalue weighted by Gasteiger charge is -2.06. The van der Waals surface area contributed by atoms with E-state index in [9.17, 15) is 4.79 Å². The lowest BCUT2D eigenvalue weighted by atomic mass is 10.2. The summed E-state index contributed by atoms with van der Waals surface area (Å²) in [6.07, 6.45) is 2.24. The molecule has 0 saturated heterocycles. The number of hydrogen-bond acceptors (Lipinski definition) is 4. The Morgan fingerprint density at radius 2 is 2.25 bits per heavy atom. The minimum Gasteiger partial charge on any atom is -0.496 e. The second-order valence-electron chi connectivity index (χ2n) is 3.36. The van der Waals surface area contributed by atoms with Crippen molar-refractivity contribution in [3.63, 3.8) is 0 Å². The van der Waals surface area contributed by atoms with Gasteiger partial charge in [-0.15, -0.1) is 5.10 Å². The van der Waals surface area contributed by atoms with E-state index < -0.39 is 0 Å². The van der Waals surface area contributed by atoms with Gasteiger partial charge in [-0.05, 0) is 30.7 Å². The maximum Gasteiger partial charge on any atom is 0.171 e. The van der Waals surface area contributed by atoms with Gasteiger partial charge in [0.1, 0.15) is 11.4 Å². The third kappa shape index (κ3) is 1.79. The van der Waals surface area contributed by atoms with Crippen molar-refractivity contribution < 1.29 is 9.53 Å². The van der Waals surface area contributed by atoms with Gasteiger partial charge in [0, 0.05) is 0 Å². The van der Waals surface area contributed by atoms with Crippen LogP contribution in [0.25, 0.3) is 5.69 Å². The van der Waals surface area contributed by atoms with Crippen molar-refractivity contribution in [2.75, 3.05) is 7.11 Å². The molecule has 16 heavy (non-hydrogen) atoms. The quantitative estimate of drug-likeness (QED) is 0.729. The largest absolute Gasteiger partial charge is 0.496 e. The van der Waals surface area contributed by atoms with Gasteiger partial charge >= 0.3 is 0 Å². The smallest absolute Gasteiger partial charge is 0.171 e. The van der Waals surface area contributed by atoms with E-state index in [1.165, 1.54) is 0 Å². The van der Waals surface area contributed by atoms with E-state index in [0.717, 1.165) is 17.0 Å². The molecule has 1 aromatic heterocycles. The molecule has 0 atom stereocenters. The molecule has 0 aliphatic rings. The minimum atomic E-state index is 0.313. The van der Waals surface area contributed by atoms with Gasteiger partial charge in [-0.25, -0.2) is 4.68 Å². The Morgan fingerprint density at radius 3 is 2.81 bits per heavy atom. The van der Waals surface area contributed by atoms with Gasteiger partial charge in [-0.1, -0.05) is 5.21 Å². The van der Waals surface area contributed by atoms with E-state index in [0.29, 0.717) is 12.0 Å². The third-order valence-corrected chi connectivity index (χ3v) is 2.27. The molecule has 0 bridgehead atoms. The first-order valence-electron chi connectivity index (χ1n) is 4.77. The van der Waals surface area contributed by atoms with Crippen LogP contribution in [0.1, 0.15) is 16.1 Å². The van der Waals surface area contributed by atoms with Crippen LogP contribution in [-0.2, 0) is 0 Å². The standard InChI is InChI=1S/C11H11N3O2/c1-8-5-10(3-4-11(8)16-2)14-6-9(7-15)12-13-14/h3-7H,1-2H3. The van der Waals surface area contributed by atoms with Crippen LogP contribution in [0.2, 0.25) is 0 Å². The summed E-state index contributed by atoms with van der Waals surface area (Å²) in [5.41, 5.74) is 2.16. The minimum absolute atomic E-state index is 0.313. The van der Waals surface area contributed by atoms with E-state index >= 15 is 0 Å². The van der Waals surface area contributed by atoms with Crippen molar-refractivity contribution in [1.29, 1.82) is 0 Å². The number of aromatic nitrogens is 3. The summed E-state index contributed by atoms with van der Waals surface area (Å²) < 4.78 is 6.71. The number of aldehydes is 1. The van der Waals surface area contributed by atoms with Crippen LogP contribution >= 0.6 is 0 Å². The molecular formula is C11H11N3O2. The highest BCUT2D eigenvalue weighted by atomic mass is 16.5. The lowest BCUT2D eigenvalue weighted by molar-refractivity contribution is 0.111. The Morgan fingerprint density at radius 1 is 1.44 bits per heavy atom. The summed E-state index contributed by atoms with van der Waals surface area (Å²) >= 11 is 0. The number of rotatable bonds is 3. The zero-order valence-electron chi connectivity index (χ0n) is 9.04. The highest BCUT2D eigenvalue weighted by molar-refractivity contribution is 5.70. The number of aryl methyl sites for hydroxylation is 1. The van der Waals surface area contributed by atoms with E-state index in [1.54, 1.807) is 18.0 Å². The van der Waals surface area contributed by atoms with Crippen molar-refractivity contribution in [3.8, 4) is 11.4 Å². The molecule has 0 aliphatic carbocycles. The fraction of sp³-hybridized carbons (Fsp3) is 0.182. The number of benzene rings is 1. The molecule has 0 fully saturated rings. The van der Waals surface area contributed by atoms with E-state index in [-0.39, 0.29) is 0 Å². The molecule has 0 amide bonds. The first-order valence-corrected chi connectivity index (χ1v) is 4.77. The normalized spacial score (nSPS) is 10.1. The SMILES string of the molecule is COc1ccc(-n2cc(C=O)nn2)cc1C. The van der Waals surface area contributed by atoms with Crippen LogP contribution in [0.5, 0.6) is 5.75 Å². The monoisotopic (exact) mass is 217 g/mol. The van der Waals surface area contributed by atoms with Crippen molar-refractivity contribution in [3.05, 3.63) is 35.7 Å². The van der Waals surface area contributed by atoms with Gasteiger partial charge < -0.3 is 4.74 Å². The number of hydrogen-bond donors (Lipinski definition) is 0. The maximum atomic E-state index is 10.5. The van der Waals surface area contributed by atoms with Gasteiger partial charge in [-0.3, -0.25) is 4.79 Å². The number of methoxy groups -OCH3 is 1. The van der Waals surface area contributed by atoms with Gasteiger partial charge in [0.2, 0.25) is 0 Å². The first kappa shape index (κ1) is 10.4. The molecule has 0 radical (unpaired) electrons. The molecule has 2 aromatic rings. The van der Waals surface area contributed by atoms with Crippen LogP contribution < -0.4 is 4.74 Å². The van der Waals surface area contributed by atoms with E-state index in [1.807, 2.05) is 25.1 Å². The Balaban J connectivity index is 2.40. The topological polar surface area (TPSA) is 57.0 Å². The second-order valence-corrected chi connectivity index (χ2v) is 3.36.